The second kappa shape index (κ2) is 5.65. The number of benzene rings is 1. The molecule has 0 radical (unpaired) electrons. The molecular weight excluding hydrogens is 234 g/mol. The van der Waals surface area contributed by atoms with Gasteiger partial charge >= 0.3 is 0 Å². The van der Waals surface area contributed by atoms with Gasteiger partial charge in [0.2, 0.25) is 0 Å². The molecule has 0 amide bonds. The molecule has 2 unspecified atom stereocenters. The summed E-state index contributed by atoms with van der Waals surface area (Å²) in [6.45, 7) is 2.97. The van der Waals surface area contributed by atoms with Crippen molar-refractivity contribution in [1.29, 1.82) is 0 Å². The van der Waals surface area contributed by atoms with Crippen molar-refractivity contribution in [3.05, 3.63) is 23.8 Å². The number of hydrogen-bond acceptors (Lipinski definition) is 4. The zero-order valence-electron chi connectivity index (χ0n) is 10.0. The number of hydrogen-bond donors (Lipinski definition) is 3. The van der Waals surface area contributed by atoms with E-state index in [1.54, 1.807) is 6.07 Å². The van der Waals surface area contributed by atoms with E-state index in [1.807, 2.05) is 18.7 Å². The van der Waals surface area contributed by atoms with Crippen LogP contribution < -0.4 is 5.32 Å². The summed E-state index contributed by atoms with van der Waals surface area (Å²) in [6.07, 6.45) is 2.58. The molecule has 2 rings (SSSR count). The van der Waals surface area contributed by atoms with Gasteiger partial charge in [0.25, 0.3) is 0 Å². The molecule has 17 heavy (non-hydrogen) atoms. The van der Waals surface area contributed by atoms with Crippen molar-refractivity contribution < 1.29 is 10.2 Å². The Balaban J connectivity index is 1.93. The van der Waals surface area contributed by atoms with Crippen LogP contribution in [0.15, 0.2) is 18.2 Å². The van der Waals surface area contributed by atoms with Crippen molar-refractivity contribution in [3.63, 3.8) is 0 Å². The van der Waals surface area contributed by atoms with E-state index in [2.05, 4.69) is 5.32 Å². The van der Waals surface area contributed by atoms with Gasteiger partial charge in [0, 0.05) is 23.4 Å². The van der Waals surface area contributed by atoms with Crippen LogP contribution in [0.5, 0.6) is 11.5 Å². The summed E-state index contributed by atoms with van der Waals surface area (Å²) in [5.41, 5.74) is 0.757. The van der Waals surface area contributed by atoms with Crippen molar-refractivity contribution >= 4 is 11.8 Å². The number of phenols is 2. The van der Waals surface area contributed by atoms with Gasteiger partial charge in [0.1, 0.15) is 11.5 Å². The predicted octanol–water partition coefficient (Wildman–Crippen LogP) is 2.64. The normalized spacial score (nSPS) is 21.6. The van der Waals surface area contributed by atoms with E-state index in [1.165, 1.54) is 30.7 Å². The Bertz CT molecular complexity index is 378. The summed E-state index contributed by atoms with van der Waals surface area (Å²) in [5, 5.41) is 23.3. The molecule has 3 N–H and O–H groups in total. The van der Waals surface area contributed by atoms with Crippen LogP contribution in [0.3, 0.4) is 0 Å². The molecule has 94 valence electrons. The van der Waals surface area contributed by atoms with Crippen LogP contribution in [-0.4, -0.2) is 27.8 Å². The van der Waals surface area contributed by atoms with Crippen LogP contribution >= 0.6 is 11.8 Å². The molecule has 0 saturated carbocycles. The maximum absolute atomic E-state index is 9.74. The van der Waals surface area contributed by atoms with Crippen LogP contribution in [0.4, 0.5) is 0 Å². The number of thioether (sulfide) groups is 1. The molecule has 0 bridgehead atoms. The molecule has 0 spiro atoms. The van der Waals surface area contributed by atoms with E-state index >= 15 is 0 Å². The lowest BCUT2D eigenvalue weighted by molar-refractivity contribution is 0.440. The van der Waals surface area contributed by atoms with Gasteiger partial charge in [-0.05, 0) is 43.7 Å². The Hall–Kier alpha value is -0.870. The molecule has 1 aliphatic rings. The molecule has 4 heteroatoms. The highest BCUT2D eigenvalue weighted by Gasteiger charge is 2.17. The quantitative estimate of drug-likeness (QED) is 0.722. The molecule has 1 saturated heterocycles. The van der Waals surface area contributed by atoms with Gasteiger partial charge in [-0.2, -0.15) is 11.8 Å². The first-order valence-corrected chi connectivity index (χ1v) is 7.08. The third kappa shape index (κ3) is 3.30. The minimum atomic E-state index is 0.0586. The fraction of sp³-hybridized carbons (Fsp3) is 0.538. The van der Waals surface area contributed by atoms with Crippen molar-refractivity contribution in [3.8, 4) is 11.5 Å². The Morgan fingerprint density at radius 1 is 1.47 bits per heavy atom. The first kappa shape index (κ1) is 12.6. The summed E-state index contributed by atoms with van der Waals surface area (Å²) in [7, 11) is 0. The second-order valence-electron chi connectivity index (χ2n) is 4.51. The average Bonchev–Trinajstić information content (AvgIpc) is 2.82. The Labute approximate surface area is 106 Å². The monoisotopic (exact) mass is 253 g/mol. The zero-order valence-corrected chi connectivity index (χ0v) is 10.8. The maximum atomic E-state index is 9.74. The molecule has 0 aliphatic carbocycles. The third-order valence-electron chi connectivity index (χ3n) is 3.15. The van der Waals surface area contributed by atoms with Gasteiger partial charge in [-0.15, -0.1) is 0 Å². The van der Waals surface area contributed by atoms with E-state index in [-0.39, 0.29) is 17.5 Å². The van der Waals surface area contributed by atoms with Crippen molar-refractivity contribution in [2.24, 2.45) is 0 Å². The largest absolute Gasteiger partial charge is 0.508 e. The number of nitrogens with one attached hydrogen (secondary N) is 1. The van der Waals surface area contributed by atoms with Gasteiger partial charge in [0.15, 0.2) is 0 Å². The molecule has 1 heterocycles. The summed E-state index contributed by atoms with van der Waals surface area (Å²) in [4.78, 5) is 0. The fourth-order valence-corrected chi connectivity index (χ4v) is 3.33. The maximum Gasteiger partial charge on any atom is 0.120 e. The number of phenolic OH excluding ortho intramolecular Hbond substituents is 2. The van der Waals surface area contributed by atoms with E-state index < -0.39 is 0 Å². The molecule has 0 aromatic heterocycles. The standard InChI is InChI=1S/C13H19NO2S/c1-9(14-8-11-3-2-6-17-11)12-7-10(15)4-5-13(12)16/h4-5,7,9,11,14-16H,2-3,6,8H2,1H3. The number of aromatic hydroxyl groups is 2. The lowest BCUT2D eigenvalue weighted by atomic mass is 10.1. The highest BCUT2D eigenvalue weighted by molar-refractivity contribution is 8.00. The summed E-state index contributed by atoms with van der Waals surface area (Å²) in [6, 6.07) is 4.71. The molecule has 1 aromatic carbocycles. The first-order valence-electron chi connectivity index (χ1n) is 6.03. The minimum absolute atomic E-state index is 0.0586. The Morgan fingerprint density at radius 2 is 2.29 bits per heavy atom. The molecule has 1 fully saturated rings. The van der Waals surface area contributed by atoms with Gasteiger partial charge in [0.05, 0.1) is 0 Å². The topological polar surface area (TPSA) is 52.5 Å². The fourth-order valence-electron chi connectivity index (χ4n) is 2.11. The predicted molar refractivity (Wildman–Crippen MR) is 71.7 cm³/mol. The van der Waals surface area contributed by atoms with Gasteiger partial charge < -0.3 is 15.5 Å². The summed E-state index contributed by atoms with van der Waals surface area (Å²) in [5.74, 6) is 1.70. The Morgan fingerprint density at radius 3 is 3.00 bits per heavy atom. The minimum Gasteiger partial charge on any atom is -0.508 e. The van der Waals surface area contributed by atoms with Crippen LogP contribution in [0.25, 0.3) is 0 Å². The summed E-state index contributed by atoms with van der Waals surface area (Å²) < 4.78 is 0. The average molecular weight is 253 g/mol. The lowest BCUT2D eigenvalue weighted by Gasteiger charge is -2.18. The van der Waals surface area contributed by atoms with Gasteiger partial charge in [-0.1, -0.05) is 0 Å². The molecular formula is C13H19NO2S. The highest BCUT2D eigenvalue weighted by Crippen LogP contribution is 2.29. The number of rotatable bonds is 4. The van der Waals surface area contributed by atoms with Crippen molar-refractivity contribution in [1.82, 2.24) is 5.32 Å². The van der Waals surface area contributed by atoms with Crippen LogP contribution in [0.1, 0.15) is 31.4 Å². The molecule has 2 atom stereocenters. The summed E-state index contributed by atoms with van der Waals surface area (Å²) >= 11 is 2.01. The van der Waals surface area contributed by atoms with E-state index in [4.69, 9.17) is 0 Å². The van der Waals surface area contributed by atoms with Crippen molar-refractivity contribution in [2.45, 2.75) is 31.1 Å². The molecule has 3 nitrogen and oxygen atoms in total. The second-order valence-corrected chi connectivity index (χ2v) is 5.92. The lowest BCUT2D eigenvalue weighted by Crippen LogP contribution is -2.26. The smallest absolute Gasteiger partial charge is 0.120 e. The van der Waals surface area contributed by atoms with E-state index in [0.29, 0.717) is 5.25 Å². The van der Waals surface area contributed by atoms with E-state index in [9.17, 15) is 10.2 Å². The molecule has 1 aliphatic heterocycles. The van der Waals surface area contributed by atoms with Crippen LogP contribution in [-0.2, 0) is 0 Å². The third-order valence-corrected chi connectivity index (χ3v) is 4.55. The zero-order chi connectivity index (χ0) is 12.3. The Kier molecular flexibility index (Phi) is 4.18. The SMILES string of the molecule is CC(NCC1CCCS1)c1cc(O)ccc1O. The van der Waals surface area contributed by atoms with Gasteiger partial charge in [-0.3, -0.25) is 0 Å². The van der Waals surface area contributed by atoms with Crippen LogP contribution in [0.2, 0.25) is 0 Å². The highest BCUT2D eigenvalue weighted by atomic mass is 32.2. The first-order chi connectivity index (χ1) is 8.16. The van der Waals surface area contributed by atoms with Crippen LogP contribution in [0, 0.1) is 0 Å². The van der Waals surface area contributed by atoms with Gasteiger partial charge in [-0.25, -0.2) is 0 Å². The van der Waals surface area contributed by atoms with Crippen molar-refractivity contribution in [2.75, 3.05) is 12.3 Å². The van der Waals surface area contributed by atoms with E-state index in [0.717, 1.165) is 12.1 Å². The molecule has 1 aromatic rings.